The molecule has 1 saturated heterocycles. The molecule has 1 amide bonds. The van der Waals surface area contributed by atoms with E-state index in [1.54, 1.807) is 0 Å². The van der Waals surface area contributed by atoms with E-state index in [1.165, 1.54) is 0 Å². The molecule has 1 aliphatic heterocycles. The Morgan fingerprint density at radius 1 is 1.33 bits per heavy atom. The molecule has 1 aromatic carbocycles. The first-order valence-electron chi connectivity index (χ1n) is 7.46. The first-order chi connectivity index (χ1) is 10.1. The summed E-state index contributed by atoms with van der Waals surface area (Å²) in [4.78, 5) is 11.7. The van der Waals surface area contributed by atoms with Crippen LogP contribution in [0.5, 0.6) is 0 Å². The minimum absolute atomic E-state index is 0.235. The molecule has 4 nitrogen and oxygen atoms in total. The van der Waals surface area contributed by atoms with Gasteiger partial charge in [0.2, 0.25) is 0 Å². The van der Waals surface area contributed by atoms with Crippen LogP contribution < -0.4 is 10.6 Å². The molecule has 0 aliphatic carbocycles. The minimum Gasteiger partial charge on any atom is -0.449 e. The van der Waals surface area contributed by atoms with Gasteiger partial charge in [-0.3, -0.25) is 0 Å². The first kappa shape index (κ1) is 16.1. The lowest BCUT2D eigenvalue weighted by Gasteiger charge is -2.23. The van der Waals surface area contributed by atoms with Crippen molar-refractivity contribution in [1.29, 1.82) is 0 Å². The van der Waals surface area contributed by atoms with Gasteiger partial charge in [0.25, 0.3) is 0 Å². The van der Waals surface area contributed by atoms with E-state index in [2.05, 4.69) is 10.6 Å². The molecule has 0 radical (unpaired) electrons. The van der Waals surface area contributed by atoms with Crippen molar-refractivity contribution in [3.63, 3.8) is 0 Å². The summed E-state index contributed by atoms with van der Waals surface area (Å²) in [5, 5.41) is 6.99. The zero-order chi connectivity index (χ0) is 15.2. The topological polar surface area (TPSA) is 50.4 Å². The molecular formula is C16H23ClN2O2. The number of alkyl carbamates (subject to hydrolysis) is 1. The average molecular weight is 311 g/mol. The normalized spacial score (nSPS) is 15.8. The smallest absolute Gasteiger partial charge is 0.407 e. The number of piperidine rings is 1. The molecule has 0 spiro atoms. The van der Waals surface area contributed by atoms with Crippen molar-refractivity contribution in [3.8, 4) is 0 Å². The van der Waals surface area contributed by atoms with Gasteiger partial charge in [-0.05, 0) is 56.5 Å². The van der Waals surface area contributed by atoms with Gasteiger partial charge in [-0.2, -0.15) is 0 Å². The number of benzene rings is 1. The van der Waals surface area contributed by atoms with Crippen LogP contribution in [0.3, 0.4) is 0 Å². The van der Waals surface area contributed by atoms with Gasteiger partial charge in [0.15, 0.2) is 0 Å². The van der Waals surface area contributed by atoms with Crippen LogP contribution in [-0.2, 0) is 11.2 Å². The fourth-order valence-electron chi connectivity index (χ4n) is 2.62. The summed E-state index contributed by atoms with van der Waals surface area (Å²) in [6.07, 6.45) is 2.32. The average Bonchev–Trinajstić information content (AvgIpc) is 2.45. The van der Waals surface area contributed by atoms with Crippen molar-refractivity contribution in [2.24, 2.45) is 0 Å². The maximum Gasteiger partial charge on any atom is 0.407 e. The highest BCUT2D eigenvalue weighted by atomic mass is 35.5. The van der Waals surface area contributed by atoms with Crippen LogP contribution in [-0.4, -0.2) is 31.8 Å². The number of hydrogen-bond donors (Lipinski definition) is 2. The highest BCUT2D eigenvalue weighted by Crippen LogP contribution is 2.22. The maximum absolute atomic E-state index is 11.7. The molecule has 1 heterocycles. The summed E-state index contributed by atoms with van der Waals surface area (Å²) in [6.45, 7) is 6.27. The van der Waals surface area contributed by atoms with Gasteiger partial charge in [-0.15, -0.1) is 0 Å². The molecule has 5 heteroatoms. The fourth-order valence-corrected chi connectivity index (χ4v) is 2.73. The quantitative estimate of drug-likeness (QED) is 0.899. The van der Waals surface area contributed by atoms with E-state index in [0.29, 0.717) is 13.0 Å². The second kappa shape index (κ2) is 7.66. The third-order valence-electron chi connectivity index (χ3n) is 3.78. The fraction of sp³-hybridized carbons (Fsp3) is 0.562. The number of hydrogen-bond acceptors (Lipinski definition) is 3. The Morgan fingerprint density at radius 2 is 1.95 bits per heavy atom. The van der Waals surface area contributed by atoms with Gasteiger partial charge >= 0.3 is 6.09 Å². The Morgan fingerprint density at radius 3 is 2.57 bits per heavy atom. The highest BCUT2D eigenvalue weighted by Gasteiger charge is 2.15. The number of carbonyl (C=O) groups excluding carboxylic acids is 1. The molecule has 1 fully saturated rings. The predicted molar refractivity (Wildman–Crippen MR) is 85.0 cm³/mol. The summed E-state index contributed by atoms with van der Waals surface area (Å²) in [5.74, 6) is 0. The molecule has 2 N–H and O–H groups in total. The lowest BCUT2D eigenvalue weighted by Crippen LogP contribution is -2.43. The van der Waals surface area contributed by atoms with Gasteiger partial charge in [0.05, 0.1) is 6.61 Å². The molecular weight excluding hydrogens is 288 g/mol. The minimum atomic E-state index is -0.315. The van der Waals surface area contributed by atoms with Crippen LogP contribution >= 0.6 is 11.6 Å². The summed E-state index contributed by atoms with van der Waals surface area (Å²) in [5.41, 5.74) is 3.26. The molecule has 0 aromatic heterocycles. The van der Waals surface area contributed by atoms with Crippen molar-refractivity contribution in [3.05, 3.63) is 33.8 Å². The third-order valence-corrected chi connectivity index (χ3v) is 4.38. The van der Waals surface area contributed by atoms with E-state index in [4.69, 9.17) is 16.3 Å². The van der Waals surface area contributed by atoms with Crippen LogP contribution in [0.25, 0.3) is 0 Å². The molecule has 21 heavy (non-hydrogen) atoms. The summed E-state index contributed by atoms with van der Waals surface area (Å²) >= 11 is 6.14. The third kappa shape index (κ3) is 4.90. The standard InChI is InChI=1S/C16H23ClN2O2/c1-11-9-13(10-12(2)15(11)17)5-8-21-16(20)19-14-3-6-18-7-4-14/h9-10,14,18H,3-8H2,1-2H3,(H,19,20). The molecule has 2 rings (SSSR count). The molecule has 0 atom stereocenters. The number of aryl methyl sites for hydroxylation is 2. The van der Waals surface area contributed by atoms with Crippen LogP contribution in [0.15, 0.2) is 12.1 Å². The Labute approximate surface area is 131 Å². The lowest BCUT2D eigenvalue weighted by atomic mass is 10.1. The zero-order valence-electron chi connectivity index (χ0n) is 12.7. The number of nitrogens with one attached hydrogen (secondary N) is 2. The van der Waals surface area contributed by atoms with Crippen LogP contribution in [0.2, 0.25) is 5.02 Å². The maximum atomic E-state index is 11.7. The monoisotopic (exact) mass is 310 g/mol. The second-order valence-electron chi connectivity index (χ2n) is 5.60. The van der Waals surface area contributed by atoms with E-state index in [1.807, 2.05) is 26.0 Å². The van der Waals surface area contributed by atoms with E-state index in [0.717, 1.165) is 47.6 Å². The predicted octanol–water partition coefficient (Wildman–Crippen LogP) is 2.98. The number of amides is 1. The number of halogens is 1. The van der Waals surface area contributed by atoms with Gasteiger partial charge in [-0.25, -0.2) is 4.79 Å². The Hall–Kier alpha value is -1.26. The van der Waals surface area contributed by atoms with Crippen LogP contribution in [0, 0.1) is 13.8 Å². The van der Waals surface area contributed by atoms with Crippen molar-refractivity contribution >= 4 is 17.7 Å². The number of ether oxygens (including phenoxy) is 1. The van der Waals surface area contributed by atoms with Crippen LogP contribution in [0.1, 0.15) is 29.5 Å². The van der Waals surface area contributed by atoms with E-state index in [-0.39, 0.29) is 12.1 Å². The number of carbonyl (C=O) groups is 1. The Balaban J connectivity index is 1.74. The summed E-state index contributed by atoms with van der Waals surface area (Å²) in [6, 6.07) is 4.33. The molecule has 1 aromatic rings. The van der Waals surface area contributed by atoms with Crippen molar-refractivity contribution < 1.29 is 9.53 Å². The second-order valence-corrected chi connectivity index (χ2v) is 5.98. The molecule has 116 valence electrons. The lowest BCUT2D eigenvalue weighted by molar-refractivity contribution is 0.141. The molecule has 0 unspecified atom stereocenters. The van der Waals surface area contributed by atoms with Gasteiger partial charge in [0.1, 0.15) is 0 Å². The summed E-state index contributed by atoms with van der Waals surface area (Å²) < 4.78 is 5.26. The Kier molecular flexibility index (Phi) is 5.88. The van der Waals surface area contributed by atoms with Gasteiger partial charge in [0, 0.05) is 17.5 Å². The molecule has 0 saturated carbocycles. The highest BCUT2D eigenvalue weighted by molar-refractivity contribution is 6.32. The van der Waals surface area contributed by atoms with Crippen LogP contribution in [0.4, 0.5) is 4.79 Å². The van der Waals surface area contributed by atoms with E-state index < -0.39 is 0 Å². The molecule has 1 aliphatic rings. The van der Waals surface area contributed by atoms with E-state index in [9.17, 15) is 4.79 Å². The Bertz CT molecular complexity index is 476. The largest absolute Gasteiger partial charge is 0.449 e. The zero-order valence-corrected chi connectivity index (χ0v) is 13.4. The number of rotatable bonds is 4. The summed E-state index contributed by atoms with van der Waals surface area (Å²) in [7, 11) is 0. The van der Waals surface area contributed by atoms with E-state index >= 15 is 0 Å². The molecule has 0 bridgehead atoms. The SMILES string of the molecule is Cc1cc(CCOC(=O)NC2CCNCC2)cc(C)c1Cl. The first-order valence-corrected chi connectivity index (χ1v) is 7.83. The van der Waals surface area contributed by atoms with Gasteiger partial charge < -0.3 is 15.4 Å². The van der Waals surface area contributed by atoms with Crippen molar-refractivity contribution in [1.82, 2.24) is 10.6 Å². The van der Waals surface area contributed by atoms with Crippen molar-refractivity contribution in [2.45, 2.75) is 39.2 Å². The van der Waals surface area contributed by atoms with Gasteiger partial charge in [-0.1, -0.05) is 23.7 Å². The van der Waals surface area contributed by atoms with Crippen molar-refractivity contribution in [2.75, 3.05) is 19.7 Å².